The van der Waals surface area contributed by atoms with Gasteiger partial charge >= 0.3 is 18.1 Å². The van der Waals surface area contributed by atoms with E-state index in [9.17, 15) is 27.2 Å². The molecule has 0 bridgehead atoms. The van der Waals surface area contributed by atoms with E-state index in [1.807, 2.05) is 28.8 Å². The van der Waals surface area contributed by atoms with Gasteiger partial charge < -0.3 is 25.2 Å². The van der Waals surface area contributed by atoms with Gasteiger partial charge in [-0.3, -0.25) is 4.79 Å². The number of nitrogens with zero attached hydrogens (tertiary/aromatic N) is 3. The summed E-state index contributed by atoms with van der Waals surface area (Å²) >= 11 is 6.56. The first-order chi connectivity index (χ1) is 17.9. The van der Waals surface area contributed by atoms with Crippen LogP contribution < -0.4 is 11.1 Å². The van der Waals surface area contributed by atoms with Crippen molar-refractivity contribution in [3.8, 4) is 17.2 Å². The molecule has 1 fully saturated rings. The Balaban J connectivity index is 0.000000219. The van der Waals surface area contributed by atoms with Crippen LogP contribution in [0.25, 0.3) is 28.1 Å². The van der Waals surface area contributed by atoms with Crippen LogP contribution in [0.15, 0.2) is 47.0 Å². The topological polar surface area (TPSA) is 136 Å². The minimum atomic E-state index is -5.02. The molecule has 0 spiro atoms. The van der Waals surface area contributed by atoms with Crippen LogP contribution in [0.5, 0.6) is 0 Å². The first-order valence-corrected chi connectivity index (χ1v) is 11.5. The third kappa shape index (κ3) is 5.34. The molecule has 1 aliphatic rings. The van der Waals surface area contributed by atoms with Gasteiger partial charge in [0.25, 0.3) is 0 Å². The van der Waals surface area contributed by atoms with Gasteiger partial charge in [-0.15, -0.1) is 0 Å². The second kappa shape index (κ2) is 10.1. The van der Waals surface area contributed by atoms with Crippen LogP contribution in [0.2, 0.25) is 5.02 Å². The zero-order chi connectivity index (χ0) is 27.8. The number of fused-ring (bicyclic) bond motifs is 1. The number of nitrogens with two attached hydrogens (primary N) is 1. The van der Waals surface area contributed by atoms with Gasteiger partial charge in [0.1, 0.15) is 17.1 Å². The van der Waals surface area contributed by atoms with E-state index in [0.717, 1.165) is 16.8 Å². The zero-order valence-corrected chi connectivity index (χ0v) is 20.4. The van der Waals surface area contributed by atoms with Gasteiger partial charge in [-0.25, -0.2) is 9.18 Å². The number of hydrogen-bond donors (Lipinski definition) is 3. The van der Waals surface area contributed by atoms with Crippen molar-refractivity contribution >= 4 is 34.4 Å². The number of alkyl halides is 3. The number of carboxylic acid groups (broad SMARTS) is 1. The molecule has 1 aliphatic carbocycles. The van der Waals surface area contributed by atoms with Gasteiger partial charge in [0.05, 0.1) is 10.5 Å². The van der Waals surface area contributed by atoms with Gasteiger partial charge in [0.15, 0.2) is 0 Å². The molecule has 0 unspecified atom stereocenters. The number of carboxylic acids is 1. The molecule has 4 aromatic rings. The van der Waals surface area contributed by atoms with Crippen molar-refractivity contribution in [3.63, 3.8) is 0 Å². The maximum Gasteiger partial charge on any atom is 0.471 e. The van der Waals surface area contributed by atoms with E-state index in [1.165, 1.54) is 17.4 Å². The zero-order valence-electron chi connectivity index (χ0n) is 19.6. The largest absolute Gasteiger partial charge is 0.480 e. The lowest BCUT2D eigenvalue weighted by Crippen LogP contribution is -2.48. The van der Waals surface area contributed by atoms with Gasteiger partial charge in [0, 0.05) is 24.5 Å². The van der Waals surface area contributed by atoms with Gasteiger partial charge in [-0.2, -0.15) is 18.2 Å². The van der Waals surface area contributed by atoms with Crippen LogP contribution in [0, 0.1) is 12.7 Å². The van der Waals surface area contributed by atoms with Crippen molar-refractivity contribution in [1.29, 1.82) is 0 Å². The van der Waals surface area contributed by atoms with Crippen LogP contribution in [-0.4, -0.2) is 43.4 Å². The minimum absolute atomic E-state index is 0.0458. The van der Waals surface area contributed by atoms with E-state index >= 15 is 0 Å². The van der Waals surface area contributed by atoms with Crippen molar-refractivity contribution in [1.82, 2.24) is 20.0 Å². The van der Waals surface area contributed by atoms with Crippen LogP contribution in [0.3, 0.4) is 0 Å². The number of nitrogens with one attached hydrogen (secondary N) is 1. The van der Waals surface area contributed by atoms with Crippen LogP contribution in [0.4, 0.5) is 17.6 Å². The average molecular weight is 554 g/mol. The Kier molecular flexibility index (Phi) is 7.17. The lowest BCUT2D eigenvalue weighted by atomic mass is 10.2. The average Bonchev–Trinajstić information content (AvgIpc) is 3.45. The molecule has 200 valence electrons. The number of hydrogen-bond acceptors (Lipinski definition) is 6. The molecule has 9 nitrogen and oxygen atoms in total. The summed E-state index contributed by atoms with van der Waals surface area (Å²) in [4.78, 5) is 25.0. The van der Waals surface area contributed by atoms with Gasteiger partial charge in [-0.1, -0.05) is 28.9 Å². The SMILES string of the molecule is Cc1nc(-c2c(Cl)c3cc(F)ccc3n2-c2ccc(CN)cc2)no1.O=C(NC1(C(=O)O)CC1)C(F)(F)F. The second-order valence-electron chi connectivity index (χ2n) is 8.51. The van der Waals surface area contributed by atoms with Crippen molar-refractivity contribution in [3.05, 3.63) is 64.8 Å². The van der Waals surface area contributed by atoms with Crippen LogP contribution in [0.1, 0.15) is 24.3 Å². The van der Waals surface area contributed by atoms with E-state index in [2.05, 4.69) is 10.1 Å². The Morgan fingerprint density at radius 2 is 1.87 bits per heavy atom. The molecule has 0 aliphatic heterocycles. The highest BCUT2D eigenvalue weighted by atomic mass is 35.5. The maximum absolute atomic E-state index is 13.7. The third-order valence-corrected chi connectivity index (χ3v) is 6.19. The quantitative estimate of drug-likeness (QED) is 0.309. The molecular formula is C24H20ClF4N5O4. The number of carbonyl (C=O) groups is 2. The van der Waals surface area contributed by atoms with Crippen molar-refractivity contribution in [2.24, 2.45) is 5.73 Å². The Morgan fingerprint density at radius 3 is 2.37 bits per heavy atom. The standard InChI is InChI=1S/C18H14ClFN4O.C6H6F3NO3/c1-10-22-18(23-25-10)17-16(19)14-8-12(20)4-7-15(14)24(17)13-5-2-11(9-21)3-6-13;7-6(8,9)3(11)10-5(1-2-5)4(12)13/h2-8H,9,21H2,1H3;1-2H2,(H,10,11)(H,12,13). The van der Waals surface area contributed by atoms with E-state index in [1.54, 1.807) is 13.0 Å². The normalized spacial score (nSPS) is 14.1. The number of rotatable bonds is 5. The van der Waals surface area contributed by atoms with Crippen molar-refractivity contribution in [2.75, 3.05) is 0 Å². The molecule has 4 N–H and O–H groups in total. The number of aromatic nitrogens is 3. The van der Waals surface area contributed by atoms with E-state index in [-0.39, 0.29) is 18.7 Å². The highest BCUT2D eigenvalue weighted by molar-refractivity contribution is 6.38. The molecule has 2 aromatic heterocycles. The molecule has 38 heavy (non-hydrogen) atoms. The molecule has 2 heterocycles. The maximum atomic E-state index is 13.7. The molecule has 2 aromatic carbocycles. The monoisotopic (exact) mass is 553 g/mol. The van der Waals surface area contributed by atoms with E-state index in [4.69, 9.17) is 27.0 Å². The predicted molar refractivity (Wildman–Crippen MR) is 128 cm³/mol. The Bertz CT molecular complexity index is 1510. The summed E-state index contributed by atoms with van der Waals surface area (Å²) in [5.41, 5.74) is 7.16. The van der Waals surface area contributed by atoms with Gasteiger partial charge in [0.2, 0.25) is 11.7 Å². The van der Waals surface area contributed by atoms with Crippen LogP contribution in [-0.2, 0) is 16.1 Å². The minimum Gasteiger partial charge on any atom is -0.480 e. The first-order valence-electron chi connectivity index (χ1n) is 11.1. The Hall–Kier alpha value is -3.97. The summed E-state index contributed by atoms with van der Waals surface area (Å²) in [7, 11) is 0. The lowest BCUT2D eigenvalue weighted by Gasteiger charge is -2.13. The molecule has 1 amide bonds. The van der Waals surface area contributed by atoms with Crippen molar-refractivity contribution in [2.45, 2.75) is 38.0 Å². The molecule has 0 atom stereocenters. The third-order valence-electron chi connectivity index (χ3n) is 5.81. The summed E-state index contributed by atoms with van der Waals surface area (Å²) in [6, 6.07) is 12.2. The highest BCUT2D eigenvalue weighted by Crippen LogP contribution is 2.39. The molecular weight excluding hydrogens is 534 g/mol. The number of halogens is 5. The number of aryl methyl sites for hydroxylation is 1. The summed E-state index contributed by atoms with van der Waals surface area (Å²) in [5, 5.41) is 14.8. The van der Waals surface area contributed by atoms with Crippen molar-refractivity contribution < 1.29 is 36.8 Å². The van der Waals surface area contributed by atoms with E-state index in [0.29, 0.717) is 34.4 Å². The summed E-state index contributed by atoms with van der Waals surface area (Å²) < 4.78 is 55.7. The van der Waals surface area contributed by atoms with Crippen LogP contribution >= 0.6 is 11.6 Å². The lowest BCUT2D eigenvalue weighted by molar-refractivity contribution is -0.176. The Labute approximate surface area is 217 Å². The predicted octanol–water partition coefficient (Wildman–Crippen LogP) is 4.52. The molecule has 1 saturated carbocycles. The molecule has 0 saturated heterocycles. The number of aliphatic carboxylic acids is 1. The number of carbonyl (C=O) groups excluding carboxylic acids is 1. The number of amides is 1. The Morgan fingerprint density at radius 1 is 1.21 bits per heavy atom. The highest BCUT2D eigenvalue weighted by Gasteiger charge is 2.55. The number of benzene rings is 2. The smallest absolute Gasteiger partial charge is 0.471 e. The molecule has 0 radical (unpaired) electrons. The summed E-state index contributed by atoms with van der Waals surface area (Å²) in [6.45, 7) is 2.16. The fourth-order valence-corrected chi connectivity index (χ4v) is 3.99. The fourth-order valence-electron chi connectivity index (χ4n) is 3.67. The fraction of sp³-hybridized carbons (Fsp3) is 0.250. The second-order valence-corrected chi connectivity index (χ2v) is 8.88. The molecule has 5 rings (SSSR count). The molecule has 14 heteroatoms. The first kappa shape index (κ1) is 27.1. The van der Waals surface area contributed by atoms with E-state index < -0.39 is 23.6 Å². The summed E-state index contributed by atoms with van der Waals surface area (Å²) in [6.07, 6.45) is -4.93. The summed E-state index contributed by atoms with van der Waals surface area (Å²) in [5.74, 6) is -3.21. The van der Waals surface area contributed by atoms with Gasteiger partial charge in [-0.05, 0) is 48.7 Å².